The lowest BCUT2D eigenvalue weighted by atomic mass is 9.69. The number of benzene rings is 2. The lowest BCUT2D eigenvalue weighted by Crippen LogP contribution is -2.64. The van der Waals surface area contributed by atoms with E-state index < -0.39 is 35.3 Å². The number of amidine groups is 1. The molecule has 1 aliphatic carbocycles. The largest absolute Gasteiger partial charge is 0.416 e. The highest BCUT2D eigenvalue weighted by atomic mass is 35.5. The van der Waals surface area contributed by atoms with Gasteiger partial charge in [-0.3, -0.25) is 19.6 Å². The first-order chi connectivity index (χ1) is 17.9. The van der Waals surface area contributed by atoms with E-state index in [0.717, 1.165) is 17.7 Å². The van der Waals surface area contributed by atoms with Gasteiger partial charge in [-0.25, -0.2) is 4.79 Å². The summed E-state index contributed by atoms with van der Waals surface area (Å²) in [5.74, 6) is 0.107. The molecule has 38 heavy (non-hydrogen) atoms. The number of urea groups is 1. The number of nitrogens with zero attached hydrogens (tertiary/aromatic N) is 3. The summed E-state index contributed by atoms with van der Waals surface area (Å²) < 4.78 is 39.9. The molecule has 0 bridgehead atoms. The molecule has 3 heterocycles. The first kappa shape index (κ1) is 24.7. The topological polar surface area (TPSA) is 65.0 Å². The average molecular weight is 541 g/mol. The van der Waals surface area contributed by atoms with Gasteiger partial charge >= 0.3 is 12.2 Å². The van der Waals surface area contributed by atoms with Crippen LogP contribution in [0.1, 0.15) is 49.5 Å². The predicted molar refractivity (Wildman–Crippen MR) is 136 cm³/mol. The molecule has 4 aliphatic rings. The van der Waals surface area contributed by atoms with E-state index >= 15 is 0 Å². The SMILES string of the molecule is CC1=CC(C)C2=C3N(CC(=O)N2)C(=O)N2C(=NC(c4ccc(C(F)(F)F)cc4)C2c2cccc(Cl)c2)C13C. The van der Waals surface area contributed by atoms with Gasteiger partial charge in [-0.15, -0.1) is 0 Å². The summed E-state index contributed by atoms with van der Waals surface area (Å²) in [7, 11) is 0. The number of amides is 3. The third-order valence-corrected chi connectivity index (χ3v) is 8.27. The Morgan fingerprint density at radius 3 is 2.47 bits per heavy atom. The van der Waals surface area contributed by atoms with E-state index in [-0.39, 0.29) is 18.4 Å². The summed E-state index contributed by atoms with van der Waals surface area (Å²) in [4.78, 5) is 35.0. The van der Waals surface area contributed by atoms with Crippen molar-refractivity contribution in [2.45, 2.75) is 39.0 Å². The van der Waals surface area contributed by atoms with Crippen molar-refractivity contribution in [1.82, 2.24) is 15.1 Å². The van der Waals surface area contributed by atoms with Crippen LogP contribution in [0.15, 0.2) is 76.6 Å². The van der Waals surface area contributed by atoms with Gasteiger partial charge in [-0.2, -0.15) is 13.2 Å². The van der Waals surface area contributed by atoms with Crippen LogP contribution in [0, 0.1) is 11.3 Å². The highest BCUT2D eigenvalue weighted by Crippen LogP contribution is 2.56. The minimum absolute atomic E-state index is 0.111. The van der Waals surface area contributed by atoms with E-state index in [1.807, 2.05) is 26.8 Å². The van der Waals surface area contributed by atoms with Crippen molar-refractivity contribution >= 4 is 29.4 Å². The number of nitrogens with one attached hydrogen (secondary N) is 1. The molecule has 0 radical (unpaired) electrons. The summed E-state index contributed by atoms with van der Waals surface area (Å²) in [5, 5.41) is 3.42. The van der Waals surface area contributed by atoms with Crippen LogP contribution in [0.5, 0.6) is 0 Å². The van der Waals surface area contributed by atoms with Gasteiger partial charge in [0.25, 0.3) is 0 Å². The number of halogens is 4. The average Bonchev–Trinajstić information content (AvgIpc) is 3.27. The van der Waals surface area contributed by atoms with Crippen molar-refractivity contribution in [2.75, 3.05) is 6.54 Å². The third kappa shape index (κ3) is 3.44. The van der Waals surface area contributed by atoms with E-state index in [0.29, 0.717) is 33.4 Å². The zero-order valence-electron chi connectivity index (χ0n) is 20.8. The quantitative estimate of drug-likeness (QED) is 0.459. The second-order valence-electron chi connectivity index (χ2n) is 10.3. The molecule has 10 heteroatoms. The zero-order valence-corrected chi connectivity index (χ0v) is 21.6. The maximum absolute atomic E-state index is 14.2. The number of hydrogen-bond acceptors (Lipinski definition) is 3. The van der Waals surface area contributed by atoms with Crippen LogP contribution < -0.4 is 5.32 Å². The van der Waals surface area contributed by atoms with Gasteiger partial charge in [0, 0.05) is 16.6 Å². The zero-order chi connectivity index (χ0) is 27.1. The van der Waals surface area contributed by atoms with Crippen LogP contribution in [0.2, 0.25) is 5.02 Å². The molecule has 2 aromatic rings. The van der Waals surface area contributed by atoms with Gasteiger partial charge in [-0.1, -0.05) is 54.4 Å². The lowest BCUT2D eigenvalue weighted by molar-refractivity contribution is -0.137. The van der Waals surface area contributed by atoms with Crippen LogP contribution in [-0.2, 0) is 11.0 Å². The Labute approximate surface area is 222 Å². The fourth-order valence-electron chi connectivity index (χ4n) is 6.14. The fraction of sp³-hybridized carbons (Fsp3) is 0.321. The van der Waals surface area contributed by atoms with E-state index in [2.05, 4.69) is 11.4 Å². The molecular weight excluding hydrogens is 517 g/mol. The Balaban J connectivity index is 1.57. The van der Waals surface area contributed by atoms with Gasteiger partial charge in [0.1, 0.15) is 18.4 Å². The Kier molecular flexibility index (Phi) is 5.34. The second-order valence-corrected chi connectivity index (χ2v) is 10.8. The molecule has 4 atom stereocenters. The highest BCUT2D eigenvalue weighted by Gasteiger charge is 2.60. The normalized spacial score (nSPS) is 28.6. The molecular formula is C28H24ClF3N4O2. The molecule has 196 valence electrons. The van der Waals surface area contributed by atoms with Gasteiger partial charge in [0.15, 0.2) is 0 Å². The summed E-state index contributed by atoms with van der Waals surface area (Å²) in [6.07, 6.45) is -2.42. The first-order valence-corrected chi connectivity index (χ1v) is 12.6. The minimum Gasteiger partial charge on any atom is -0.326 e. The number of fused-ring (bicyclic) bond motifs is 2. The first-order valence-electron chi connectivity index (χ1n) is 12.3. The smallest absolute Gasteiger partial charge is 0.326 e. The second kappa shape index (κ2) is 8.20. The molecule has 0 spiro atoms. The molecule has 3 aliphatic heterocycles. The maximum atomic E-state index is 14.2. The number of rotatable bonds is 2. The summed E-state index contributed by atoms with van der Waals surface area (Å²) in [6, 6.07) is 10.2. The van der Waals surface area contributed by atoms with Crippen molar-refractivity contribution in [1.29, 1.82) is 0 Å². The van der Waals surface area contributed by atoms with Crippen LogP contribution >= 0.6 is 11.6 Å². The Morgan fingerprint density at radius 1 is 1.11 bits per heavy atom. The molecule has 6 nitrogen and oxygen atoms in total. The van der Waals surface area contributed by atoms with Gasteiger partial charge in [-0.05, 0) is 49.2 Å². The number of allylic oxidation sites excluding steroid dienone is 1. The van der Waals surface area contributed by atoms with E-state index in [1.54, 1.807) is 23.1 Å². The van der Waals surface area contributed by atoms with Crippen molar-refractivity contribution < 1.29 is 22.8 Å². The Morgan fingerprint density at radius 2 is 1.82 bits per heavy atom. The minimum atomic E-state index is -4.47. The molecule has 6 rings (SSSR count). The number of aliphatic imine (C=N–C) groups is 1. The molecule has 1 N–H and O–H groups in total. The maximum Gasteiger partial charge on any atom is 0.416 e. The number of carbonyl (C=O) groups is 2. The molecule has 4 unspecified atom stereocenters. The third-order valence-electron chi connectivity index (χ3n) is 8.04. The van der Waals surface area contributed by atoms with E-state index in [1.165, 1.54) is 17.0 Å². The summed E-state index contributed by atoms with van der Waals surface area (Å²) >= 11 is 6.33. The molecule has 0 aromatic heterocycles. The van der Waals surface area contributed by atoms with Crippen LogP contribution in [0.4, 0.5) is 18.0 Å². The van der Waals surface area contributed by atoms with Crippen LogP contribution in [0.25, 0.3) is 0 Å². The Bertz CT molecular complexity index is 1480. The van der Waals surface area contributed by atoms with Gasteiger partial charge < -0.3 is 5.32 Å². The Hall–Kier alpha value is -3.59. The van der Waals surface area contributed by atoms with E-state index in [4.69, 9.17) is 16.6 Å². The number of alkyl halides is 3. The molecule has 1 saturated heterocycles. The van der Waals surface area contributed by atoms with Crippen molar-refractivity contribution in [3.8, 4) is 0 Å². The summed E-state index contributed by atoms with van der Waals surface area (Å²) in [6.45, 7) is 5.78. The fourth-order valence-corrected chi connectivity index (χ4v) is 6.34. The van der Waals surface area contributed by atoms with Gasteiger partial charge in [0.2, 0.25) is 5.91 Å². The predicted octanol–water partition coefficient (Wildman–Crippen LogP) is 6.23. The van der Waals surface area contributed by atoms with Crippen LogP contribution in [-0.4, -0.2) is 34.1 Å². The van der Waals surface area contributed by atoms with Crippen molar-refractivity contribution in [3.63, 3.8) is 0 Å². The number of carbonyl (C=O) groups excluding carboxylic acids is 2. The molecule has 3 amide bonds. The number of hydrogen-bond donors (Lipinski definition) is 1. The van der Waals surface area contributed by atoms with Crippen LogP contribution in [0.3, 0.4) is 0 Å². The molecule has 1 fully saturated rings. The van der Waals surface area contributed by atoms with Gasteiger partial charge in [0.05, 0.1) is 22.7 Å². The van der Waals surface area contributed by atoms with E-state index in [9.17, 15) is 22.8 Å². The molecule has 0 saturated carbocycles. The standard InChI is InChI=1S/C28H24ClF3N4O2/c1-14-11-15(2)27(3)24-21(14)33-20(37)13-35(24)26(38)36-23(17-5-4-6-19(29)12-17)22(34-25(27)36)16-7-9-18(10-8-16)28(30,31)32/h4-12,14,22-23H,13H2,1-3H3,(H,33,37). The molecule has 2 aromatic carbocycles. The van der Waals surface area contributed by atoms with Crippen molar-refractivity contribution in [2.24, 2.45) is 16.3 Å². The monoisotopic (exact) mass is 540 g/mol. The lowest BCUT2D eigenvalue weighted by Gasteiger charge is -2.53. The summed E-state index contributed by atoms with van der Waals surface area (Å²) in [5.41, 5.74) is 1.97. The highest BCUT2D eigenvalue weighted by molar-refractivity contribution is 6.30. The van der Waals surface area contributed by atoms with Crippen molar-refractivity contribution in [3.05, 3.63) is 93.3 Å².